The summed E-state index contributed by atoms with van der Waals surface area (Å²) in [7, 11) is 1.82. The summed E-state index contributed by atoms with van der Waals surface area (Å²) in [4.78, 5) is 8.99. The average Bonchev–Trinajstić information content (AvgIpc) is 2.95. The molecular formula is C21H25FN4O. The summed E-state index contributed by atoms with van der Waals surface area (Å²) >= 11 is 0. The highest BCUT2D eigenvalue weighted by Gasteiger charge is 2.26. The molecule has 0 spiro atoms. The fourth-order valence-corrected chi connectivity index (χ4v) is 3.83. The Bertz CT molecular complexity index is 894. The van der Waals surface area contributed by atoms with Crippen LogP contribution in [-0.2, 0) is 12.8 Å². The zero-order valence-corrected chi connectivity index (χ0v) is 15.9. The number of nitrogens with one attached hydrogen (secondary N) is 2. The molecule has 2 aliphatic rings. The number of ether oxygens (including phenoxy) is 1. The first kappa shape index (κ1) is 17.9. The summed E-state index contributed by atoms with van der Waals surface area (Å²) in [6.45, 7) is 4.25. The van der Waals surface area contributed by atoms with E-state index in [2.05, 4.69) is 26.7 Å². The van der Waals surface area contributed by atoms with Crippen molar-refractivity contribution >= 4 is 11.4 Å². The molecular weight excluding hydrogens is 343 g/mol. The molecule has 6 heteroatoms. The van der Waals surface area contributed by atoms with Crippen molar-refractivity contribution in [1.82, 2.24) is 15.3 Å². The summed E-state index contributed by atoms with van der Waals surface area (Å²) in [6.07, 6.45) is 5.13. The minimum Gasteiger partial charge on any atom is -0.492 e. The lowest BCUT2D eigenvalue weighted by atomic mass is 9.93. The summed E-state index contributed by atoms with van der Waals surface area (Å²) in [6, 6.07) is 3.81. The summed E-state index contributed by atoms with van der Waals surface area (Å²) in [5.74, 6) is 1.91. The van der Waals surface area contributed by atoms with Crippen molar-refractivity contribution in [3.63, 3.8) is 0 Å². The van der Waals surface area contributed by atoms with Gasteiger partial charge in [0.15, 0.2) is 0 Å². The lowest BCUT2D eigenvalue weighted by molar-refractivity contribution is 0.354. The molecule has 2 aromatic rings. The molecule has 0 saturated heterocycles. The highest BCUT2D eigenvalue weighted by atomic mass is 19.1. The lowest BCUT2D eigenvalue weighted by Gasteiger charge is -2.16. The Kier molecular flexibility index (Phi) is 5.07. The molecule has 3 heterocycles. The Balaban J connectivity index is 1.77. The number of rotatable bonds is 4. The minimum absolute atomic E-state index is 0.195. The van der Waals surface area contributed by atoms with Crippen molar-refractivity contribution in [2.45, 2.75) is 32.6 Å². The van der Waals surface area contributed by atoms with E-state index in [0.717, 1.165) is 60.7 Å². The van der Waals surface area contributed by atoms with Crippen LogP contribution in [0.4, 0.5) is 10.2 Å². The normalized spacial score (nSPS) is 16.3. The lowest BCUT2D eigenvalue weighted by Crippen LogP contribution is -2.12. The SMILES string of the molecule is CNc1cc(C)nc(Cc2cc3c(c(C4=CCNCCC4)c2F)OCC3)n1. The average molecular weight is 368 g/mol. The molecule has 0 saturated carbocycles. The number of hydrogen-bond acceptors (Lipinski definition) is 5. The second-order valence-corrected chi connectivity index (χ2v) is 7.09. The van der Waals surface area contributed by atoms with Crippen LogP contribution in [0.2, 0.25) is 0 Å². The standard InChI is InChI=1S/C21H25FN4O/c1-13-10-17(23-2)26-18(25-13)12-16-11-15-6-9-27-21(15)19(20(16)22)14-4-3-7-24-8-5-14/h5,10-11,24H,3-4,6-9,12H2,1-2H3,(H,23,25,26). The number of halogens is 1. The first-order valence-corrected chi connectivity index (χ1v) is 9.55. The van der Waals surface area contributed by atoms with Crippen LogP contribution in [-0.4, -0.2) is 36.7 Å². The molecule has 0 atom stereocenters. The van der Waals surface area contributed by atoms with Crippen molar-refractivity contribution in [1.29, 1.82) is 0 Å². The van der Waals surface area contributed by atoms with Crippen LogP contribution in [0.25, 0.3) is 5.57 Å². The highest BCUT2D eigenvalue weighted by Crippen LogP contribution is 2.40. The first-order valence-electron chi connectivity index (χ1n) is 9.55. The smallest absolute Gasteiger partial charge is 0.138 e. The predicted molar refractivity (Wildman–Crippen MR) is 105 cm³/mol. The maximum Gasteiger partial charge on any atom is 0.138 e. The van der Waals surface area contributed by atoms with Gasteiger partial charge in [0.25, 0.3) is 0 Å². The van der Waals surface area contributed by atoms with Gasteiger partial charge in [0.2, 0.25) is 0 Å². The third-order valence-electron chi connectivity index (χ3n) is 5.11. The van der Waals surface area contributed by atoms with Crippen LogP contribution in [0.3, 0.4) is 0 Å². The van der Waals surface area contributed by atoms with Gasteiger partial charge in [-0.2, -0.15) is 0 Å². The van der Waals surface area contributed by atoms with Gasteiger partial charge in [-0.1, -0.05) is 6.08 Å². The molecule has 4 rings (SSSR count). The predicted octanol–water partition coefficient (Wildman–Crippen LogP) is 3.26. The van der Waals surface area contributed by atoms with Gasteiger partial charge < -0.3 is 15.4 Å². The number of anilines is 1. The molecule has 0 amide bonds. The van der Waals surface area contributed by atoms with Gasteiger partial charge in [0.1, 0.15) is 23.2 Å². The number of fused-ring (bicyclic) bond motifs is 1. The van der Waals surface area contributed by atoms with Gasteiger partial charge in [-0.25, -0.2) is 14.4 Å². The van der Waals surface area contributed by atoms with Crippen molar-refractivity contribution < 1.29 is 9.13 Å². The number of nitrogens with zero attached hydrogens (tertiary/aromatic N) is 2. The van der Waals surface area contributed by atoms with Crippen LogP contribution in [0.5, 0.6) is 5.75 Å². The van der Waals surface area contributed by atoms with E-state index in [4.69, 9.17) is 4.74 Å². The van der Waals surface area contributed by atoms with E-state index < -0.39 is 0 Å². The van der Waals surface area contributed by atoms with Gasteiger partial charge in [-0.3, -0.25) is 0 Å². The largest absolute Gasteiger partial charge is 0.492 e. The van der Waals surface area contributed by atoms with Crippen molar-refractivity contribution in [3.8, 4) is 5.75 Å². The Hall–Kier alpha value is -2.47. The van der Waals surface area contributed by atoms with Gasteiger partial charge >= 0.3 is 0 Å². The van der Waals surface area contributed by atoms with E-state index >= 15 is 4.39 Å². The van der Waals surface area contributed by atoms with Gasteiger partial charge in [-0.05, 0) is 49.1 Å². The maximum absolute atomic E-state index is 15.6. The van der Waals surface area contributed by atoms with Crippen LogP contribution in [0.1, 0.15) is 41.1 Å². The maximum atomic E-state index is 15.6. The monoisotopic (exact) mass is 368 g/mol. The fraction of sp³-hybridized carbons (Fsp3) is 0.429. The number of benzene rings is 1. The van der Waals surface area contributed by atoms with Crippen LogP contribution >= 0.6 is 0 Å². The zero-order valence-electron chi connectivity index (χ0n) is 15.9. The van der Waals surface area contributed by atoms with E-state index in [-0.39, 0.29) is 5.82 Å². The second-order valence-electron chi connectivity index (χ2n) is 7.09. The molecule has 0 unspecified atom stereocenters. The first-order chi connectivity index (χ1) is 13.2. The second kappa shape index (κ2) is 7.64. The number of aryl methyl sites for hydroxylation is 1. The summed E-state index contributed by atoms with van der Waals surface area (Å²) in [5.41, 5.74) is 4.27. The minimum atomic E-state index is -0.195. The highest BCUT2D eigenvalue weighted by molar-refractivity contribution is 5.74. The number of hydrogen-bond donors (Lipinski definition) is 2. The van der Waals surface area contributed by atoms with E-state index in [0.29, 0.717) is 30.0 Å². The third kappa shape index (κ3) is 3.67. The zero-order chi connectivity index (χ0) is 18.8. The van der Waals surface area contributed by atoms with E-state index in [1.807, 2.05) is 26.1 Å². The fourth-order valence-electron chi connectivity index (χ4n) is 3.83. The van der Waals surface area contributed by atoms with Gasteiger partial charge in [0, 0.05) is 38.2 Å². The molecule has 5 nitrogen and oxygen atoms in total. The molecule has 27 heavy (non-hydrogen) atoms. The Morgan fingerprint density at radius 3 is 3.00 bits per heavy atom. The Labute approximate surface area is 159 Å². The molecule has 2 N–H and O–H groups in total. The van der Waals surface area contributed by atoms with Crippen molar-refractivity contribution in [2.75, 3.05) is 32.1 Å². The molecule has 0 bridgehead atoms. The molecule has 2 aliphatic heterocycles. The van der Waals surface area contributed by atoms with Crippen LogP contribution < -0.4 is 15.4 Å². The van der Waals surface area contributed by atoms with Crippen LogP contribution in [0, 0.1) is 12.7 Å². The summed E-state index contributed by atoms with van der Waals surface area (Å²) < 4.78 is 21.4. The van der Waals surface area contributed by atoms with Gasteiger partial charge in [0.05, 0.1) is 12.2 Å². The molecule has 0 radical (unpaired) electrons. The quantitative estimate of drug-likeness (QED) is 0.868. The van der Waals surface area contributed by atoms with Gasteiger partial charge in [-0.15, -0.1) is 0 Å². The molecule has 142 valence electrons. The van der Waals surface area contributed by atoms with Crippen LogP contribution in [0.15, 0.2) is 18.2 Å². The van der Waals surface area contributed by atoms with E-state index in [1.165, 1.54) is 0 Å². The van der Waals surface area contributed by atoms with E-state index in [1.54, 1.807) is 0 Å². The molecule has 0 fully saturated rings. The van der Waals surface area contributed by atoms with Crippen molar-refractivity contribution in [3.05, 3.63) is 52.2 Å². The molecule has 1 aromatic heterocycles. The summed E-state index contributed by atoms with van der Waals surface area (Å²) in [5, 5.41) is 6.38. The Morgan fingerprint density at radius 1 is 1.26 bits per heavy atom. The topological polar surface area (TPSA) is 59.1 Å². The van der Waals surface area contributed by atoms with E-state index in [9.17, 15) is 0 Å². The number of allylic oxidation sites excluding steroid dienone is 1. The molecule has 0 aliphatic carbocycles. The number of aromatic nitrogens is 2. The Morgan fingerprint density at radius 2 is 2.15 bits per heavy atom. The molecule has 1 aromatic carbocycles. The third-order valence-corrected chi connectivity index (χ3v) is 5.11. The van der Waals surface area contributed by atoms with Crippen molar-refractivity contribution in [2.24, 2.45) is 0 Å².